The van der Waals surface area contributed by atoms with Gasteiger partial charge in [-0.05, 0) is 19.2 Å². The Hall–Kier alpha value is -0.390. The molecule has 2 aromatic heterocycles. The van der Waals surface area contributed by atoms with Crippen LogP contribution in [0.1, 0.15) is 4.88 Å². The molecule has 0 aliphatic rings. The first kappa shape index (κ1) is 10.1. The van der Waals surface area contributed by atoms with Crippen LogP contribution >= 0.6 is 35.3 Å². The standard InChI is InChI=1S/C9H10N2S3/c1-5-4-6-7(14-5)10-9(13-3)11(2)8(6)12/h4H,1-3H3. The second kappa shape index (κ2) is 3.64. The zero-order valence-corrected chi connectivity index (χ0v) is 10.6. The van der Waals surface area contributed by atoms with Crippen LogP contribution in [0.15, 0.2) is 11.2 Å². The number of fused-ring (bicyclic) bond motifs is 1. The lowest BCUT2D eigenvalue weighted by molar-refractivity contribution is 0.747. The van der Waals surface area contributed by atoms with Gasteiger partial charge in [-0.15, -0.1) is 11.3 Å². The Morgan fingerprint density at radius 1 is 1.57 bits per heavy atom. The zero-order chi connectivity index (χ0) is 10.3. The average molecular weight is 242 g/mol. The van der Waals surface area contributed by atoms with E-state index >= 15 is 0 Å². The highest BCUT2D eigenvalue weighted by Gasteiger charge is 2.06. The van der Waals surface area contributed by atoms with Gasteiger partial charge in [0.1, 0.15) is 9.47 Å². The number of hydrogen-bond acceptors (Lipinski definition) is 4. The smallest absolute Gasteiger partial charge is 0.169 e. The van der Waals surface area contributed by atoms with Crippen LogP contribution in [0.25, 0.3) is 10.2 Å². The van der Waals surface area contributed by atoms with Crippen LogP contribution in [0.3, 0.4) is 0 Å². The van der Waals surface area contributed by atoms with Crippen molar-refractivity contribution in [3.8, 4) is 0 Å². The SMILES string of the molecule is CSc1nc2sc(C)cc2c(=S)n1C. The van der Waals surface area contributed by atoms with Gasteiger partial charge in [-0.3, -0.25) is 0 Å². The average Bonchev–Trinajstić information content (AvgIpc) is 2.52. The Morgan fingerprint density at radius 2 is 2.29 bits per heavy atom. The van der Waals surface area contributed by atoms with E-state index in [0.717, 1.165) is 20.0 Å². The fraction of sp³-hybridized carbons (Fsp3) is 0.333. The van der Waals surface area contributed by atoms with Crippen LogP contribution in [0.4, 0.5) is 0 Å². The van der Waals surface area contributed by atoms with Crippen LogP contribution in [0, 0.1) is 11.6 Å². The monoisotopic (exact) mass is 242 g/mol. The Bertz CT molecular complexity index is 539. The second-order valence-electron chi connectivity index (χ2n) is 3.04. The first-order valence-electron chi connectivity index (χ1n) is 4.14. The van der Waals surface area contributed by atoms with E-state index in [-0.39, 0.29) is 0 Å². The highest BCUT2D eigenvalue weighted by molar-refractivity contribution is 7.98. The van der Waals surface area contributed by atoms with Gasteiger partial charge in [-0.25, -0.2) is 4.98 Å². The number of nitrogens with zero attached hydrogens (tertiary/aromatic N) is 2. The maximum Gasteiger partial charge on any atom is 0.169 e. The fourth-order valence-electron chi connectivity index (χ4n) is 1.35. The Morgan fingerprint density at radius 3 is 2.93 bits per heavy atom. The summed E-state index contributed by atoms with van der Waals surface area (Å²) in [5, 5.41) is 2.08. The molecule has 14 heavy (non-hydrogen) atoms. The van der Waals surface area contributed by atoms with Gasteiger partial charge >= 0.3 is 0 Å². The number of rotatable bonds is 1. The van der Waals surface area contributed by atoms with Crippen molar-refractivity contribution in [2.24, 2.45) is 7.05 Å². The minimum Gasteiger partial charge on any atom is -0.314 e. The molecule has 2 rings (SSSR count). The normalized spacial score (nSPS) is 11.1. The topological polar surface area (TPSA) is 17.8 Å². The third-order valence-electron chi connectivity index (χ3n) is 2.04. The Balaban J connectivity index is 2.91. The molecule has 2 nitrogen and oxygen atoms in total. The largest absolute Gasteiger partial charge is 0.314 e. The molecular formula is C9H10N2S3. The van der Waals surface area contributed by atoms with E-state index in [0.29, 0.717) is 0 Å². The molecule has 0 spiro atoms. The van der Waals surface area contributed by atoms with Gasteiger partial charge < -0.3 is 4.57 Å². The number of hydrogen-bond donors (Lipinski definition) is 0. The molecule has 74 valence electrons. The maximum absolute atomic E-state index is 5.38. The summed E-state index contributed by atoms with van der Waals surface area (Å²) in [5.41, 5.74) is 0. The summed E-state index contributed by atoms with van der Waals surface area (Å²) in [5.74, 6) is 0. The molecule has 0 aliphatic heterocycles. The molecule has 2 heterocycles. The molecule has 0 fully saturated rings. The lowest BCUT2D eigenvalue weighted by Crippen LogP contribution is -1.99. The van der Waals surface area contributed by atoms with E-state index in [1.165, 1.54) is 4.88 Å². The van der Waals surface area contributed by atoms with E-state index in [1.807, 2.05) is 17.9 Å². The van der Waals surface area contributed by atoms with Crippen molar-refractivity contribution in [1.82, 2.24) is 9.55 Å². The minimum atomic E-state index is 0.878. The van der Waals surface area contributed by atoms with Gasteiger partial charge in [0.05, 0.1) is 0 Å². The third kappa shape index (κ3) is 1.49. The summed E-state index contributed by atoms with van der Waals surface area (Å²) in [7, 11) is 1.97. The molecule has 0 unspecified atom stereocenters. The predicted molar refractivity (Wildman–Crippen MR) is 65.9 cm³/mol. The van der Waals surface area contributed by atoms with Gasteiger partial charge in [-0.1, -0.05) is 24.0 Å². The quantitative estimate of drug-likeness (QED) is 0.434. The van der Waals surface area contributed by atoms with Crippen molar-refractivity contribution >= 4 is 45.5 Å². The summed E-state index contributed by atoms with van der Waals surface area (Å²) < 4.78 is 2.85. The highest BCUT2D eigenvalue weighted by atomic mass is 32.2. The summed E-state index contributed by atoms with van der Waals surface area (Å²) in [6, 6.07) is 2.11. The van der Waals surface area contributed by atoms with Crippen LogP contribution in [0.2, 0.25) is 0 Å². The molecule has 0 saturated carbocycles. The van der Waals surface area contributed by atoms with E-state index in [9.17, 15) is 0 Å². The van der Waals surface area contributed by atoms with E-state index < -0.39 is 0 Å². The molecule has 0 bridgehead atoms. The summed E-state index contributed by atoms with van der Waals surface area (Å²) in [6.07, 6.45) is 2.02. The van der Waals surface area contributed by atoms with Gasteiger partial charge in [0.15, 0.2) is 5.16 Å². The summed E-state index contributed by atoms with van der Waals surface area (Å²) >= 11 is 8.70. The first-order chi connectivity index (χ1) is 6.63. The summed E-state index contributed by atoms with van der Waals surface area (Å²) in [6.45, 7) is 2.08. The molecule has 0 saturated heterocycles. The minimum absolute atomic E-state index is 0.878. The van der Waals surface area contributed by atoms with Gasteiger partial charge in [0, 0.05) is 17.3 Å². The molecule has 2 aromatic rings. The summed E-state index contributed by atoms with van der Waals surface area (Å²) in [4.78, 5) is 6.86. The lowest BCUT2D eigenvalue weighted by atomic mass is 10.4. The Labute approximate surface area is 96.0 Å². The van der Waals surface area contributed by atoms with Crippen molar-refractivity contribution in [3.63, 3.8) is 0 Å². The first-order valence-corrected chi connectivity index (χ1v) is 6.59. The van der Waals surface area contributed by atoms with Crippen molar-refractivity contribution in [1.29, 1.82) is 0 Å². The van der Waals surface area contributed by atoms with Crippen molar-refractivity contribution in [2.45, 2.75) is 12.1 Å². The van der Waals surface area contributed by atoms with Gasteiger partial charge in [0.25, 0.3) is 0 Å². The van der Waals surface area contributed by atoms with E-state index in [4.69, 9.17) is 12.2 Å². The van der Waals surface area contributed by atoms with E-state index in [2.05, 4.69) is 18.0 Å². The third-order valence-corrected chi connectivity index (χ3v) is 4.21. The van der Waals surface area contributed by atoms with Crippen LogP contribution < -0.4 is 0 Å². The molecule has 0 aliphatic carbocycles. The lowest BCUT2D eigenvalue weighted by Gasteiger charge is -2.04. The number of aromatic nitrogens is 2. The van der Waals surface area contributed by atoms with Crippen LogP contribution in [0.5, 0.6) is 0 Å². The van der Waals surface area contributed by atoms with Crippen molar-refractivity contribution < 1.29 is 0 Å². The fourth-order valence-corrected chi connectivity index (χ4v) is 3.20. The van der Waals surface area contributed by atoms with Crippen molar-refractivity contribution in [3.05, 3.63) is 15.6 Å². The molecular weight excluding hydrogens is 232 g/mol. The van der Waals surface area contributed by atoms with Gasteiger partial charge in [-0.2, -0.15) is 0 Å². The van der Waals surface area contributed by atoms with Gasteiger partial charge in [0.2, 0.25) is 0 Å². The molecule has 0 amide bonds. The van der Waals surface area contributed by atoms with Crippen molar-refractivity contribution in [2.75, 3.05) is 6.26 Å². The molecule has 0 aromatic carbocycles. The maximum atomic E-state index is 5.38. The molecule has 5 heteroatoms. The second-order valence-corrected chi connectivity index (χ2v) is 5.43. The zero-order valence-electron chi connectivity index (χ0n) is 8.20. The molecule has 0 atom stereocenters. The molecule has 0 radical (unpaired) electrons. The van der Waals surface area contributed by atoms with Crippen LogP contribution in [-0.2, 0) is 7.05 Å². The number of aryl methyl sites for hydroxylation is 1. The van der Waals surface area contributed by atoms with Crippen LogP contribution in [-0.4, -0.2) is 15.8 Å². The predicted octanol–water partition coefficient (Wildman–Crippen LogP) is 3.39. The molecule has 0 N–H and O–H groups in total. The number of thioether (sulfide) groups is 1. The Kier molecular flexibility index (Phi) is 2.64. The number of thiophene rings is 1. The van der Waals surface area contributed by atoms with E-state index in [1.54, 1.807) is 23.1 Å². The highest BCUT2D eigenvalue weighted by Crippen LogP contribution is 2.26.